The molecule has 0 amide bonds. The number of aromatic nitrogens is 2. The van der Waals surface area contributed by atoms with E-state index < -0.39 is 6.36 Å². The Bertz CT molecular complexity index is 1520. The van der Waals surface area contributed by atoms with Crippen LogP contribution in [0.3, 0.4) is 0 Å². The van der Waals surface area contributed by atoms with E-state index in [-0.39, 0.29) is 23.0 Å². The molecule has 1 aliphatic carbocycles. The van der Waals surface area contributed by atoms with Gasteiger partial charge in [-0.25, -0.2) is 4.98 Å². The molecule has 0 atom stereocenters. The second kappa shape index (κ2) is 10.6. The van der Waals surface area contributed by atoms with Crippen molar-refractivity contribution in [1.82, 2.24) is 9.38 Å². The second-order valence-electron chi connectivity index (χ2n) is 8.91. The van der Waals surface area contributed by atoms with E-state index in [2.05, 4.69) is 9.72 Å². The van der Waals surface area contributed by atoms with E-state index in [1.807, 2.05) is 18.2 Å². The largest absolute Gasteiger partial charge is 0.573 e. The van der Waals surface area contributed by atoms with Crippen LogP contribution in [0.25, 0.3) is 28.9 Å². The average Bonchev–Trinajstić information content (AvgIpc) is 3.41. The van der Waals surface area contributed by atoms with Gasteiger partial charge in [0.2, 0.25) is 0 Å². The lowest BCUT2D eigenvalue weighted by Crippen LogP contribution is -2.19. The summed E-state index contributed by atoms with van der Waals surface area (Å²) in [7, 11) is 1.58. The minimum absolute atomic E-state index is 0.106. The molecule has 196 valence electrons. The summed E-state index contributed by atoms with van der Waals surface area (Å²) in [5, 5.41) is 0. The number of hydrogen-bond acceptors (Lipinski definition) is 5. The van der Waals surface area contributed by atoms with Crippen LogP contribution in [0.1, 0.15) is 36.9 Å². The Morgan fingerprint density at radius 2 is 1.74 bits per heavy atom. The third kappa shape index (κ3) is 5.51. The van der Waals surface area contributed by atoms with Gasteiger partial charge in [0.25, 0.3) is 5.56 Å². The van der Waals surface area contributed by atoms with E-state index in [0.717, 1.165) is 31.2 Å². The Kier molecular flexibility index (Phi) is 7.09. The fourth-order valence-electron chi connectivity index (χ4n) is 4.61. The number of rotatable bonds is 7. The lowest BCUT2D eigenvalue weighted by Gasteiger charge is -2.18. The highest BCUT2D eigenvalue weighted by Gasteiger charge is 2.31. The van der Waals surface area contributed by atoms with Crippen molar-refractivity contribution in [2.75, 3.05) is 7.11 Å². The van der Waals surface area contributed by atoms with Crippen molar-refractivity contribution in [2.45, 2.75) is 38.1 Å². The summed E-state index contributed by atoms with van der Waals surface area (Å²) in [6, 6.07) is 15.9. The van der Waals surface area contributed by atoms with E-state index in [4.69, 9.17) is 9.47 Å². The van der Waals surface area contributed by atoms with Gasteiger partial charge in [-0.05, 0) is 73.7 Å². The molecule has 1 fully saturated rings. The summed E-state index contributed by atoms with van der Waals surface area (Å²) in [6.45, 7) is 0. The number of ether oxygens (including phenoxy) is 3. The van der Waals surface area contributed by atoms with Crippen LogP contribution >= 0.6 is 0 Å². The van der Waals surface area contributed by atoms with Gasteiger partial charge in [-0.1, -0.05) is 30.3 Å². The SMILES string of the molecule is COc1cccc(C=Cc2nc3ccccn3c(=O)c2-c2ccc(OC(F)(F)F)cc2)c1OC1CCCC1. The Balaban J connectivity index is 1.59. The fraction of sp³-hybridized carbons (Fsp3) is 0.241. The Morgan fingerprint density at radius 3 is 2.45 bits per heavy atom. The first-order chi connectivity index (χ1) is 18.3. The standard InChI is InChI=1S/C29H25F3N2O4/c1-36-24-10-6-7-20(27(24)37-21-8-2-3-9-21)14-17-23-26(28(35)34-18-5-4-11-25(34)33-23)19-12-15-22(16-13-19)38-29(30,31)32/h4-7,10-18,21H,2-3,8-9H2,1H3. The number of alkyl halides is 3. The van der Waals surface area contributed by atoms with Gasteiger partial charge in [-0.15, -0.1) is 13.2 Å². The molecule has 0 aliphatic heterocycles. The molecule has 0 bridgehead atoms. The van der Waals surface area contributed by atoms with Crippen molar-refractivity contribution in [3.63, 3.8) is 0 Å². The summed E-state index contributed by atoms with van der Waals surface area (Å²) in [5.41, 5.74) is 1.85. The van der Waals surface area contributed by atoms with Crippen LogP contribution in [-0.4, -0.2) is 29.0 Å². The number of hydrogen-bond donors (Lipinski definition) is 0. The zero-order chi connectivity index (χ0) is 26.7. The number of para-hydroxylation sites is 1. The van der Waals surface area contributed by atoms with Gasteiger partial charge in [-0.3, -0.25) is 9.20 Å². The molecule has 4 aromatic rings. The molecule has 38 heavy (non-hydrogen) atoms. The first-order valence-corrected chi connectivity index (χ1v) is 12.2. The molecule has 1 aliphatic rings. The van der Waals surface area contributed by atoms with Crippen LogP contribution < -0.4 is 19.8 Å². The lowest BCUT2D eigenvalue weighted by atomic mass is 10.0. The van der Waals surface area contributed by atoms with Crippen molar-refractivity contribution in [1.29, 1.82) is 0 Å². The van der Waals surface area contributed by atoms with Gasteiger partial charge in [0, 0.05) is 11.8 Å². The summed E-state index contributed by atoms with van der Waals surface area (Å²) >= 11 is 0. The zero-order valence-corrected chi connectivity index (χ0v) is 20.6. The highest BCUT2D eigenvalue weighted by atomic mass is 19.4. The highest BCUT2D eigenvalue weighted by molar-refractivity contribution is 5.81. The molecule has 0 radical (unpaired) electrons. The normalized spacial score (nSPS) is 14.3. The number of nitrogens with zero attached hydrogens (tertiary/aromatic N) is 2. The lowest BCUT2D eigenvalue weighted by molar-refractivity contribution is -0.274. The second-order valence-corrected chi connectivity index (χ2v) is 8.91. The van der Waals surface area contributed by atoms with Gasteiger partial charge in [0.15, 0.2) is 11.5 Å². The van der Waals surface area contributed by atoms with E-state index in [1.165, 1.54) is 28.7 Å². The predicted molar refractivity (Wildman–Crippen MR) is 138 cm³/mol. The predicted octanol–water partition coefficient (Wildman–Crippen LogP) is 6.76. The van der Waals surface area contributed by atoms with Gasteiger partial charge < -0.3 is 14.2 Å². The molecule has 2 aromatic carbocycles. The van der Waals surface area contributed by atoms with E-state index in [9.17, 15) is 18.0 Å². The Labute approximate surface area is 216 Å². The van der Waals surface area contributed by atoms with Crippen molar-refractivity contribution in [2.24, 2.45) is 0 Å². The topological polar surface area (TPSA) is 62.1 Å². The summed E-state index contributed by atoms with van der Waals surface area (Å²) in [5.74, 6) is 0.842. The number of halogens is 3. The first-order valence-electron chi connectivity index (χ1n) is 12.2. The zero-order valence-electron chi connectivity index (χ0n) is 20.6. The highest BCUT2D eigenvalue weighted by Crippen LogP contribution is 2.36. The third-order valence-electron chi connectivity index (χ3n) is 6.38. The molecular formula is C29H25F3N2O4. The van der Waals surface area contributed by atoms with Crippen molar-refractivity contribution in [3.05, 3.63) is 88.5 Å². The monoisotopic (exact) mass is 522 g/mol. The van der Waals surface area contributed by atoms with Crippen LogP contribution in [0.2, 0.25) is 0 Å². The number of benzene rings is 2. The van der Waals surface area contributed by atoms with Crippen LogP contribution in [-0.2, 0) is 0 Å². The number of fused-ring (bicyclic) bond motifs is 1. The van der Waals surface area contributed by atoms with Gasteiger partial charge in [0.05, 0.1) is 24.5 Å². The van der Waals surface area contributed by atoms with Crippen LogP contribution in [0, 0.1) is 0 Å². The first kappa shape index (κ1) is 25.4. The van der Waals surface area contributed by atoms with Gasteiger partial charge in [-0.2, -0.15) is 0 Å². The molecule has 0 spiro atoms. The van der Waals surface area contributed by atoms with E-state index in [0.29, 0.717) is 28.4 Å². The smallest absolute Gasteiger partial charge is 0.493 e. The molecule has 0 N–H and O–H groups in total. The van der Waals surface area contributed by atoms with Crippen molar-refractivity contribution < 1.29 is 27.4 Å². The minimum atomic E-state index is -4.81. The quantitative estimate of drug-likeness (QED) is 0.268. The summed E-state index contributed by atoms with van der Waals surface area (Å²) in [4.78, 5) is 18.2. The Morgan fingerprint density at radius 1 is 0.974 bits per heavy atom. The molecule has 9 heteroatoms. The van der Waals surface area contributed by atoms with Crippen molar-refractivity contribution in [3.8, 4) is 28.4 Å². The maximum absolute atomic E-state index is 13.5. The van der Waals surface area contributed by atoms with E-state index in [1.54, 1.807) is 43.7 Å². The maximum Gasteiger partial charge on any atom is 0.573 e. The molecule has 2 aromatic heterocycles. The molecule has 1 saturated carbocycles. The summed E-state index contributed by atoms with van der Waals surface area (Å²) < 4.78 is 55.1. The number of methoxy groups -OCH3 is 1. The van der Waals surface area contributed by atoms with Gasteiger partial charge >= 0.3 is 6.36 Å². The fourth-order valence-corrected chi connectivity index (χ4v) is 4.61. The van der Waals surface area contributed by atoms with Crippen LogP contribution in [0.15, 0.2) is 71.7 Å². The van der Waals surface area contributed by atoms with Crippen LogP contribution in [0.5, 0.6) is 17.2 Å². The molecular weight excluding hydrogens is 497 g/mol. The Hall–Kier alpha value is -4.27. The molecule has 5 rings (SSSR count). The molecule has 0 saturated heterocycles. The molecule has 0 unspecified atom stereocenters. The van der Waals surface area contributed by atoms with Crippen molar-refractivity contribution >= 4 is 17.8 Å². The van der Waals surface area contributed by atoms with Crippen LogP contribution in [0.4, 0.5) is 13.2 Å². The summed E-state index contributed by atoms with van der Waals surface area (Å²) in [6.07, 6.45) is 4.59. The average molecular weight is 523 g/mol. The van der Waals surface area contributed by atoms with Gasteiger partial charge in [0.1, 0.15) is 11.4 Å². The molecule has 2 heterocycles. The third-order valence-corrected chi connectivity index (χ3v) is 6.38. The van der Waals surface area contributed by atoms with E-state index >= 15 is 0 Å². The maximum atomic E-state index is 13.5. The minimum Gasteiger partial charge on any atom is -0.493 e. The molecule has 6 nitrogen and oxygen atoms in total. The number of pyridine rings is 1.